The van der Waals surface area contributed by atoms with E-state index < -0.39 is 0 Å². The van der Waals surface area contributed by atoms with Crippen molar-refractivity contribution in [2.24, 2.45) is 4.99 Å². The van der Waals surface area contributed by atoms with E-state index in [1.54, 1.807) is 21.3 Å². The van der Waals surface area contributed by atoms with Crippen molar-refractivity contribution in [3.05, 3.63) is 53.1 Å². The highest BCUT2D eigenvalue weighted by molar-refractivity contribution is 14.0. The van der Waals surface area contributed by atoms with Crippen LogP contribution in [0.15, 0.2) is 41.4 Å². The van der Waals surface area contributed by atoms with Crippen molar-refractivity contribution in [2.75, 3.05) is 27.9 Å². The second-order valence-corrected chi connectivity index (χ2v) is 6.05. The number of guanidine groups is 1. The third-order valence-electron chi connectivity index (χ3n) is 4.10. The van der Waals surface area contributed by atoms with Gasteiger partial charge in [-0.3, -0.25) is 0 Å². The van der Waals surface area contributed by atoms with Gasteiger partial charge in [-0.2, -0.15) is 0 Å². The molecule has 2 aromatic carbocycles. The highest BCUT2D eigenvalue weighted by Crippen LogP contribution is 2.27. The Morgan fingerprint density at radius 2 is 1.61 bits per heavy atom. The average molecular weight is 499 g/mol. The maximum atomic E-state index is 5.47. The fraction of sp³-hybridized carbons (Fsp3) is 0.381. The Kier molecular flexibility index (Phi) is 10.5. The number of hydrogen-bond donors (Lipinski definition) is 2. The van der Waals surface area contributed by atoms with Crippen LogP contribution in [0.5, 0.6) is 17.2 Å². The lowest BCUT2D eigenvalue weighted by Crippen LogP contribution is -2.36. The third kappa shape index (κ3) is 6.78. The van der Waals surface area contributed by atoms with E-state index in [1.807, 2.05) is 38.1 Å². The van der Waals surface area contributed by atoms with Gasteiger partial charge in [-0.15, -0.1) is 24.0 Å². The van der Waals surface area contributed by atoms with Crippen LogP contribution >= 0.6 is 24.0 Å². The molecule has 2 N–H and O–H groups in total. The summed E-state index contributed by atoms with van der Waals surface area (Å²) in [6.45, 7) is 6.03. The van der Waals surface area contributed by atoms with Crippen LogP contribution in [0.1, 0.15) is 23.6 Å². The number of nitrogens with one attached hydrogen (secondary N) is 2. The highest BCUT2D eigenvalue weighted by Gasteiger charge is 2.06. The molecule has 0 amide bonds. The molecular formula is C21H30IN3O3. The smallest absolute Gasteiger partial charge is 0.191 e. The standard InChI is InChI=1S/C21H29N3O3.HI/c1-6-22-21(24-14-17-9-7-15(2)11-19(17)26-4)23-13-16-8-10-18(25-3)20(12-16)27-5;/h7-12H,6,13-14H2,1-5H3,(H2,22,23,24);1H. The van der Waals surface area contributed by atoms with Crippen molar-refractivity contribution in [3.63, 3.8) is 0 Å². The molecule has 0 saturated carbocycles. The molecule has 0 unspecified atom stereocenters. The van der Waals surface area contributed by atoms with E-state index in [9.17, 15) is 0 Å². The van der Waals surface area contributed by atoms with Gasteiger partial charge in [0.15, 0.2) is 17.5 Å². The van der Waals surface area contributed by atoms with Crippen molar-refractivity contribution in [1.82, 2.24) is 10.6 Å². The van der Waals surface area contributed by atoms with Gasteiger partial charge >= 0.3 is 0 Å². The first kappa shape index (κ1) is 23.9. The van der Waals surface area contributed by atoms with Crippen LogP contribution in [0.2, 0.25) is 0 Å². The molecule has 0 bridgehead atoms. The van der Waals surface area contributed by atoms with Crippen LogP contribution in [0.4, 0.5) is 0 Å². The van der Waals surface area contributed by atoms with Gasteiger partial charge in [0.25, 0.3) is 0 Å². The number of methoxy groups -OCH3 is 3. The number of hydrogen-bond acceptors (Lipinski definition) is 4. The lowest BCUT2D eigenvalue weighted by Gasteiger charge is -2.14. The maximum Gasteiger partial charge on any atom is 0.191 e. The molecule has 2 rings (SSSR count). The summed E-state index contributed by atoms with van der Waals surface area (Å²) in [5, 5.41) is 6.62. The Bertz CT molecular complexity index is 781. The molecular weight excluding hydrogens is 469 g/mol. The Labute approximate surface area is 184 Å². The van der Waals surface area contributed by atoms with Gasteiger partial charge in [0.2, 0.25) is 0 Å². The molecule has 0 aliphatic carbocycles. The highest BCUT2D eigenvalue weighted by atomic mass is 127. The Morgan fingerprint density at radius 3 is 2.25 bits per heavy atom. The molecule has 0 spiro atoms. The summed E-state index contributed by atoms with van der Waals surface area (Å²) < 4.78 is 16.1. The van der Waals surface area contributed by atoms with E-state index in [-0.39, 0.29) is 24.0 Å². The molecule has 0 aliphatic heterocycles. The molecule has 0 aromatic heterocycles. The zero-order chi connectivity index (χ0) is 19.6. The summed E-state index contributed by atoms with van der Waals surface area (Å²) in [4.78, 5) is 4.66. The van der Waals surface area contributed by atoms with E-state index >= 15 is 0 Å². The molecule has 0 fully saturated rings. The number of aliphatic imine (C=N–C) groups is 1. The summed E-state index contributed by atoms with van der Waals surface area (Å²) in [7, 11) is 4.95. The summed E-state index contributed by atoms with van der Waals surface area (Å²) >= 11 is 0. The second kappa shape index (κ2) is 12.3. The van der Waals surface area contributed by atoms with E-state index in [0.29, 0.717) is 24.6 Å². The van der Waals surface area contributed by atoms with Crippen molar-refractivity contribution < 1.29 is 14.2 Å². The zero-order valence-electron chi connectivity index (χ0n) is 17.2. The van der Waals surface area contributed by atoms with Crippen molar-refractivity contribution >= 4 is 29.9 Å². The molecule has 0 radical (unpaired) electrons. The predicted octanol–water partition coefficient (Wildman–Crippen LogP) is 3.89. The van der Waals surface area contributed by atoms with Crippen LogP contribution in [0, 0.1) is 6.92 Å². The van der Waals surface area contributed by atoms with Crippen LogP contribution in [0.3, 0.4) is 0 Å². The van der Waals surface area contributed by atoms with E-state index in [2.05, 4.69) is 27.8 Å². The van der Waals surface area contributed by atoms with Gasteiger partial charge < -0.3 is 24.8 Å². The van der Waals surface area contributed by atoms with Crippen LogP contribution in [-0.2, 0) is 13.1 Å². The van der Waals surface area contributed by atoms with Gasteiger partial charge in [0.1, 0.15) is 5.75 Å². The Hall–Kier alpha value is -2.16. The first-order valence-corrected chi connectivity index (χ1v) is 8.97. The Morgan fingerprint density at radius 1 is 0.893 bits per heavy atom. The molecule has 154 valence electrons. The number of ether oxygens (including phenoxy) is 3. The lowest BCUT2D eigenvalue weighted by molar-refractivity contribution is 0.354. The summed E-state index contributed by atoms with van der Waals surface area (Å²) in [5.41, 5.74) is 3.29. The first-order chi connectivity index (χ1) is 13.1. The second-order valence-electron chi connectivity index (χ2n) is 6.05. The van der Waals surface area contributed by atoms with Crippen LogP contribution in [-0.4, -0.2) is 33.8 Å². The SMILES string of the molecule is CCNC(=NCc1ccc(OC)c(OC)c1)NCc1ccc(C)cc1OC.I. The summed E-state index contributed by atoms with van der Waals surface area (Å²) in [5.74, 6) is 3.03. The quantitative estimate of drug-likeness (QED) is 0.328. The van der Waals surface area contributed by atoms with E-state index in [4.69, 9.17) is 14.2 Å². The normalized spacial score (nSPS) is 10.7. The molecule has 0 atom stereocenters. The van der Waals surface area contributed by atoms with Crippen molar-refractivity contribution in [3.8, 4) is 17.2 Å². The molecule has 7 heteroatoms. The minimum absolute atomic E-state index is 0. The van der Waals surface area contributed by atoms with E-state index in [0.717, 1.165) is 29.4 Å². The number of nitrogens with zero attached hydrogens (tertiary/aromatic N) is 1. The van der Waals surface area contributed by atoms with Crippen molar-refractivity contribution in [1.29, 1.82) is 0 Å². The molecule has 28 heavy (non-hydrogen) atoms. The number of aryl methyl sites for hydroxylation is 1. The lowest BCUT2D eigenvalue weighted by atomic mass is 10.1. The van der Waals surface area contributed by atoms with Gasteiger partial charge in [0.05, 0.1) is 27.9 Å². The van der Waals surface area contributed by atoms with Crippen LogP contribution < -0.4 is 24.8 Å². The third-order valence-corrected chi connectivity index (χ3v) is 4.10. The van der Waals surface area contributed by atoms with E-state index in [1.165, 1.54) is 5.56 Å². The largest absolute Gasteiger partial charge is 0.496 e. The monoisotopic (exact) mass is 499 g/mol. The van der Waals surface area contributed by atoms with Gasteiger partial charge in [0, 0.05) is 18.7 Å². The Balaban J connectivity index is 0.00000392. The fourth-order valence-corrected chi connectivity index (χ4v) is 2.67. The minimum atomic E-state index is 0. The average Bonchev–Trinajstić information content (AvgIpc) is 2.70. The van der Waals surface area contributed by atoms with Crippen LogP contribution in [0.25, 0.3) is 0 Å². The number of rotatable bonds is 8. The summed E-state index contributed by atoms with van der Waals surface area (Å²) in [6.07, 6.45) is 0. The van der Waals surface area contributed by atoms with Gasteiger partial charge in [-0.05, 0) is 43.2 Å². The molecule has 0 heterocycles. The summed E-state index contributed by atoms with van der Waals surface area (Å²) in [6, 6.07) is 12.0. The topological polar surface area (TPSA) is 64.1 Å². The molecule has 0 aliphatic rings. The van der Waals surface area contributed by atoms with Gasteiger partial charge in [-0.25, -0.2) is 4.99 Å². The first-order valence-electron chi connectivity index (χ1n) is 8.97. The van der Waals surface area contributed by atoms with Gasteiger partial charge in [-0.1, -0.05) is 18.2 Å². The fourth-order valence-electron chi connectivity index (χ4n) is 2.67. The maximum absolute atomic E-state index is 5.47. The molecule has 6 nitrogen and oxygen atoms in total. The van der Waals surface area contributed by atoms with Crippen molar-refractivity contribution in [2.45, 2.75) is 26.9 Å². The number of halogens is 1. The zero-order valence-corrected chi connectivity index (χ0v) is 19.5. The predicted molar refractivity (Wildman–Crippen MR) is 124 cm³/mol. The molecule has 2 aromatic rings. The minimum Gasteiger partial charge on any atom is -0.496 e. The molecule has 0 saturated heterocycles. The number of benzene rings is 2.